The van der Waals surface area contributed by atoms with Gasteiger partial charge in [0.15, 0.2) is 17.9 Å². The second kappa shape index (κ2) is 5.49. The van der Waals surface area contributed by atoms with Crippen LogP contribution in [-0.4, -0.2) is 40.8 Å². The van der Waals surface area contributed by atoms with Gasteiger partial charge in [0.2, 0.25) is 0 Å². The summed E-state index contributed by atoms with van der Waals surface area (Å²) in [6.07, 6.45) is 6.72. The molecule has 1 saturated heterocycles. The van der Waals surface area contributed by atoms with Crippen LogP contribution in [0.15, 0.2) is 11.6 Å². The number of hydrogen-bond donors (Lipinski definition) is 2. The van der Waals surface area contributed by atoms with Crippen molar-refractivity contribution in [1.82, 2.24) is 0 Å². The minimum atomic E-state index is -0.910. The third-order valence-corrected chi connectivity index (χ3v) is 8.79. The Bertz CT molecular complexity index is 699. The molecule has 0 aromatic carbocycles. The Morgan fingerprint density at radius 1 is 1.31 bits per heavy atom. The van der Waals surface area contributed by atoms with Gasteiger partial charge in [0.25, 0.3) is 0 Å². The van der Waals surface area contributed by atoms with Crippen LogP contribution in [0.2, 0.25) is 0 Å². The van der Waals surface area contributed by atoms with E-state index in [0.717, 1.165) is 32.1 Å². The van der Waals surface area contributed by atoms with Crippen LogP contribution in [0, 0.1) is 34.5 Å². The zero-order valence-corrected chi connectivity index (χ0v) is 15.3. The van der Waals surface area contributed by atoms with Crippen molar-refractivity contribution in [2.45, 2.75) is 64.3 Å². The number of hydrogen-bond acceptors (Lipinski definition) is 5. The summed E-state index contributed by atoms with van der Waals surface area (Å²) >= 11 is 0. The second-order valence-corrected chi connectivity index (χ2v) is 9.49. The Morgan fingerprint density at radius 3 is 2.88 bits per heavy atom. The normalized spacial score (nSPS) is 52.1. The number of carbonyl (C=O) groups excluding carboxylic acids is 2. The van der Waals surface area contributed by atoms with E-state index in [1.807, 2.05) is 6.08 Å². The minimum absolute atomic E-state index is 0.0310. The third-order valence-electron chi connectivity index (χ3n) is 8.79. The van der Waals surface area contributed by atoms with Crippen molar-refractivity contribution in [3.63, 3.8) is 0 Å². The van der Waals surface area contributed by atoms with E-state index in [1.165, 1.54) is 5.57 Å². The Morgan fingerprint density at radius 2 is 2.12 bits per heavy atom. The molecule has 5 aliphatic rings. The summed E-state index contributed by atoms with van der Waals surface area (Å²) in [5.74, 6) is 0.837. The van der Waals surface area contributed by atoms with E-state index in [1.54, 1.807) is 0 Å². The van der Waals surface area contributed by atoms with Crippen molar-refractivity contribution in [1.29, 1.82) is 0 Å². The summed E-state index contributed by atoms with van der Waals surface area (Å²) in [5.41, 5.74) is 0.735. The lowest BCUT2D eigenvalue weighted by Crippen LogP contribution is -2.55. The lowest BCUT2D eigenvalue weighted by Gasteiger charge is -2.57. The van der Waals surface area contributed by atoms with Gasteiger partial charge >= 0.3 is 0 Å². The monoisotopic (exact) mass is 360 g/mol. The Hall–Kier alpha value is -1.04. The molecule has 26 heavy (non-hydrogen) atoms. The minimum Gasteiger partial charge on any atom is -0.389 e. The SMILES string of the molecule is C[C@]12CCC(=O)C=C1CC[C@@H]1[C@@H]2[C@H]2CC3(C(O)O2)[C@@H](C(=O)CO)CC[C@@H]13. The van der Waals surface area contributed by atoms with Crippen molar-refractivity contribution in [3.05, 3.63) is 11.6 Å². The van der Waals surface area contributed by atoms with Crippen LogP contribution in [0.1, 0.15) is 51.9 Å². The fourth-order valence-corrected chi connectivity index (χ4v) is 7.80. The first-order valence-electron chi connectivity index (χ1n) is 10.1. The molecular weight excluding hydrogens is 332 g/mol. The molecule has 5 nitrogen and oxygen atoms in total. The fourth-order valence-electron chi connectivity index (χ4n) is 7.80. The molecule has 1 heterocycles. The number of rotatable bonds is 2. The molecule has 0 radical (unpaired) electrons. The van der Waals surface area contributed by atoms with Gasteiger partial charge in [0, 0.05) is 17.8 Å². The molecule has 4 aliphatic carbocycles. The van der Waals surface area contributed by atoms with Gasteiger partial charge < -0.3 is 14.9 Å². The summed E-state index contributed by atoms with van der Waals surface area (Å²) in [6.45, 7) is 1.84. The molecule has 4 fully saturated rings. The highest BCUT2D eigenvalue weighted by Crippen LogP contribution is 2.71. The summed E-state index contributed by atoms with van der Waals surface area (Å²) in [4.78, 5) is 24.4. The molecule has 1 aliphatic heterocycles. The molecule has 0 aromatic heterocycles. The largest absolute Gasteiger partial charge is 0.389 e. The maximum absolute atomic E-state index is 12.4. The van der Waals surface area contributed by atoms with Gasteiger partial charge in [-0.1, -0.05) is 12.5 Å². The van der Waals surface area contributed by atoms with E-state index in [9.17, 15) is 19.8 Å². The van der Waals surface area contributed by atoms with Crippen LogP contribution < -0.4 is 0 Å². The molecule has 0 aromatic rings. The van der Waals surface area contributed by atoms with E-state index in [-0.39, 0.29) is 34.9 Å². The molecule has 8 atom stereocenters. The predicted molar refractivity (Wildman–Crippen MR) is 92.9 cm³/mol. The first-order chi connectivity index (χ1) is 12.4. The highest BCUT2D eigenvalue weighted by molar-refractivity contribution is 5.91. The van der Waals surface area contributed by atoms with Crippen molar-refractivity contribution in [2.24, 2.45) is 34.5 Å². The van der Waals surface area contributed by atoms with E-state index in [4.69, 9.17) is 4.74 Å². The first kappa shape index (κ1) is 17.1. The molecule has 1 spiro atoms. The molecule has 142 valence electrons. The summed E-state index contributed by atoms with van der Waals surface area (Å²) in [6, 6.07) is 0. The summed E-state index contributed by atoms with van der Waals surface area (Å²) in [5, 5.41) is 20.4. The van der Waals surface area contributed by atoms with Crippen LogP contribution >= 0.6 is 0 Å². The van der Waals surface area contributed by atoms with Gasteiger partial charge in [0.05, 0.1) is 6.10 Å². The number of fused-ring (bicyclic) bond motifs is 6. The Balaban J connectivity index is 1.57. The first-order valence-corrected chi connectivity index (χ1v) is 10.1. The van der Waals surface area contributed by atoms with Gasteiger partial charge in [-0.05, 0) is 67.8 Å². The molecule has 2 unspecified atom stereocenters. The predicted octanol–water partition coefficient (Wildman–Crippen LogP) is 2.00. The van der Waals surface area contributed by atoms with Gasteiger partial charge in [-0.3, -0.25) is 9.59 Å². The maximum Gasteiger partial charge on any atom is 0.162 e. The Kier molecular flexibility index (Phi) is 3.61. The topological polar surface area (TPSA) is 83.8 Å². The smallest absolute Gasteiger partial charge is 0.162 e. The summed E-state index contributed by atoms with van der Waals surface area (Å²) in [7, 11) is 0. The Labute approximate surface area is 153 Å². The van der Waals surface area contributed by atoms with Crippen LogP contribution in [0.4, 0.5) is 0 Å². The van der Waals surface area contributed by atoms with E-state index >= 15 is 0 Å². The highest BCUT2D eigenvalue weighted by Gasteiger charge is 2.71. The van der Waals surface area contributed by atoms with E-state index < -0.39 is 18.3 Å². The standard InChI is InChI=1S/C21H28O5/c1-20-7-6-12(23)8-11(20)2-3-13-14-4-5-15(16(24)10-22)21(14)9-17(18(13)20)26-19(21)25/h8,13-15,17-19,22,25H,2-7,9-10H2,1H3/t13-,14-,15+,17+,18+,19?,20-,21?/m0/s1. The van der Waals surface area contributed by atoms with Gasteiger partial charge in [-0.15, -0.1) is 0 Å². The lowest BCUT2D eigenvalue weighted by molar-refractivity contribution is -0.160. The van der Waals surface area contributed by atoms with Crippen molar-refractivity contribution in [2.75, 3.05) is 6.61 Å². The van der Waals surface area contributed by atoms with Gasteiger partial charge in [-0.25, -0.2) is 0 Å². The highest BCUT2D eigenvalue weighted by atomic mass is 16.6. The van der Waals surface area contributed by atoms with Crippen LogP contribution in [0.5, 0.6) is 0 Å². The molecule has 0 amide bonds. The average Bonchev–Trinajstić information content (AvgIpc) is 3.14. The molecule has 5 heteroatoms. The third kappa shape index (κ3) is 1.92. The molecule has 2 N–H and O–H groups in total. The van der Waals surface area contributed by atoms with Gasteiger partial charge in [0.1, 0.15) is 6.61 Å². The molecule has 5 rings (SSSR count). The number of ketones is 2. The van der Waals surface area contributed by atoms with E-state index in [0.29, 0.717) is 24.7 Å². The summed E-state index contributed by atoms with van der Waals surface area (Å²) < 4.78 is 6.13. The lowest BCUT2D eigenvalue weighted by atomic mass is 9.46. The zero-order chi connectivity index (χ0) is 18.3. The number of Topliss-reactive ketones (excluding diaryl/α,β-unsaturated/α-hetero) is 1. The molecular formula is C21H28O5. The van der Waals surface area contributed by atoms with Crippen LogP contribution in [0.3, 0.4) is 0 Å². The average molecular weight is 360 g/mol. The number of ether oxygens (including phenoxy) is 1. The van der Waals surface area contributed by atoms with Crippen molar-refractivity contribution >= 4 is 11.6 Å². The number of allylic oxidation sites excluding steroid dienone is 1. The number of aliphatic hydroxyl groups is 2. The fraction of sp³-hybridized carbons (Fsp3) is 0.810. The van der Waals surface area contributed by atoms with Crippen molar-refractivity contribution < 1.29 is 24.5 Å². The molecule has 2 bridgehead atoms. The maximum atomic E-state index is 12.4. The van der Waals surface area contributed by atoms with E-state index in [2.05, 4.69) is 6.92 Å². The van der Waals surface area contributed by atoms with Crippen LogP contribution in [0.25, 0.3) is 0 Å². The second-order valence-electron chi connectivity index (χ2n) is 9.49. The van der Waals surface area contributed by atoms with Crippen molar-refractivity contribution in [3.8, 4) is 0 Å². The number of aliphatic hydroxyl groups excluding tert-OH is 2. The van der Waals surface area contributed by atoms with Crippen LogP contribution in [-0.2, 0) is 14.3 Å². The quantitative estimate of drug-likeness (QED) is 0.787. The number of carbonyl (C=O) groups is 2. The van der Waals surface area contributed by atoms with Gasteiger partial charge in [-0.2, -0.15) is 0 Å². The molecule has 3 saturated carbocycles. The zero-order valence-electron chi connectivity index (χ0n) is 15.3.